The molecule has 3 N–H and O–H groups in total. The highest BCUT2D eigenvalue weighted by Gasteiger charge is 2.47. The largest absolute Gasteiger partial charge is 0.481 e. The normalized spacial score (nSPS) is 48.1. The van der Waals surface area contributed by atoms with Crippen LogP contribution in [0.2, 0.25) is 0 Å². The first-order valence-corrected chi connectivity index (χ1v) is 4.17. The summed E-state index contributed by atoms with van der Waals surface area (Å²) in [6, 6.07) is 0.162. The van der Waals surface area contributed by atoms with Gasteiger partial charge in [0.05, 0.1) is 5.92 Å². The fourth-order valence-electron chi connectivity index (χ4n) is 2.69. The Hall–Kier alpha value is -0.570. The van der Waals surface area contributed by atoms with Crippen LogP contribution in [0.5, 0.6) is 0 Å². The first kappa shape index (κ1) is 7.10. The number of hydrogen-bond donors (Lipinski definition) is 2. The number of carboxylic acid groups (broad SMARTS) is 1. The summed E-state index contributed by atoms with van der Waals surface area (Å²) in [5, 5.41) is 8.80. The van der Waals surface area contributed by atoms with Gasteiger partial charge in [0, 0.05) is 6.04 Å². The molecule has 11 heavy (non-hydrogen) atoms. The average molecular weight is 155 g/mol. The molecular weight excluding hydrogens is 142 g/mol. The van der Waals surface area contributed by atoms with Gasteiger partial charge in [0.25, 0.3) is 0 Å². The summed E-state index contributed by atoms with van der Waals surface area (Å²) in [5.74, 6) is 0.102. The van der Waals surface area contributed by atoms with Crippen LogP contribution in [0.25, 0.3) is 0 Å². The maximum atomic E-state index is 10.7. The van der Waals surface area contributed by atoms with Crippen molar-refractivity contribution in [2.45, 2.75) is 25.3 Å². The van der Waals surface area contributed by atoms with Crippen LogP contribution in [-0.2, 0) is 4.79 Å². The molecule has 2 bridgehead atoms. The number of carboxylic acids is 1. The molecule has 3 nitrogen and oxygen atoms in total. The van der Waals surface area contributed by atoms with Gasteiger partial charge in [-0.3, -0.25) is 4.79 Å². The number of aliphatic carboxylic acids is 1. The average Bonchev–Trinajstić information content (AvgIpc) is 2.43. The summed E-state index contributed by atoms with van der Waals surface area (Å²) in [6.07, 6.45) is 2.97. The van der Waals surface area contributed by atoms with E-state index in [0.29, 0.717) is 5.92 Å². The Morgan fingerprint density at radius 2 is 2.09 bits per heavy atom. The van der Waals surface area contributed by atoms with Crippen molar-refractivity contribution in [1.82, 2.24) is 0 Å². The van der Waals surface area contributed by atoms with Crippen molar-refractivity contribution >= 4 is 5.97 Å². The van der Waals surface area contributed by atoms with E-state index in [-0.39, 0.29) is 17.9 Å². The third-order valence-corrected chi connectivity index (χ3v) is 3.18. The Bertz CT molecular complexity index is 193. The number of rotatable bonds is 1. The molecule has 0 aromatic rings. The Morgan fingerprint density at radius 3 is 2.45 bits per heavy atom. The minimum Gasteiger partial charge on any atom is -0.481 e. The van der Waals surface area contributed by atoms with Crippen LogP contribution in [0.1, 0.15) is 19.3 Å². The van der Waals surface area contributed by atoms with Crippen LogP contribution in [0.4, 0.5) is 0 Å². The first-order chi connectivity index (χ1) is 5.18. The molecule has 2 aliphatic carbocycles. The van der Waals surface area contributed by atoms with Gasteiger partial charge in [0.1, 0.15) is 0 Å². The van der Waals surface area contributed by atoms with Crippen molar-refractivity contribution in [3.8, 4) is 0 Å². The highest BCUT2D eigenvalue weighted by molar-refractivity contribution is 5.71. The van der Waals surface area contributed by atoms with Crippen LogP contribution in [-0.4, -0.2) is 17.1 Å². The zero-order chi connectivity index (χ0) is 8.01. The van der Waals surface area contributed by atoms with E-state index in [9.17, 15) is 4.79 Å². The molecule has 3 heteroatoms. The molecule has 0 spiro atoms. The predicted molar refractivity (Wildman–Crippen MR) is 39.9 cm³/mol. The summed E-state index contributed by atoms with van der Waals surface area (Å²) in [6.45, 7) is 0. The summed E-state index contributed by atoms with van der Waals surface area (Å²) in [7, 11) is 0. The van der Waals surface area contributed by atoms with Crippen LogP contribution < -0.4 is 5.73 Å². The molecule has 2 saturated carbocycles. The van der Waals surface area contributed by atoms with E-state index in [1.165, 1.54) is 0 Å². The minimum atomic E-state index is -0.646. The van der Waals surface area contributed by atoms with Gasteiger partial charge in [-0.25, -0.2) is 0 Å². The van der Waals surface area contributed by atoms with Crippen LogP contribution in [0, 0.1) is 17.8 Å². The second-order valence-electron chi connectivity index (χ2n) is 3.85. The summed E-state index contributed by atoms with van der Waals surface area (Å²) in [5.41, 5.74) is 5.78. The van der Waals surface area contributed by atoms with Crippen molar-refractivity contribution in [2.75, 3.05) is 0 Å². The highest BCUT2D eigenvalue weighted by atomic mass is 16.4. The van der Waals surface area contributed by atoms with E-state index in [2.05, 4.69) is 0 Å². The maximum absolute atomic E-state index is 10.7. The van der Waals surface area contributed by atoms with E-state index in [1.807, 2.05) is 0 Å². The smallest absolute Gasteiger partial charge is 0.306 e. The van der Waals surface area contributed by atoms with E-state index in [4.69, 9.17) is 10.8 Å². The zero-order valence-electron chi connectivity index (χ0n) is 6.36. The monoisotopic (exact) mass is 155 g/mol. The molecule has 0 aromatic heterocycles. The number of carbonyl (C=O) groups is 1. The van der Waals surface area contributed by atoms with Crippen molar-refractivity contribution in [2.24, 2.45) is 23.5 Å². The molecule has 0 unspecified atom stereocenters. The summed E-state index contributed by atoms with van der Waals surface area (Å²) < 4.78 is 0. The molecule has 4 atom stereocenters. The van der Waals surface area contributed by atoms with Crippen molar-refractivity contribution < 1.29 is 9.90 Å². The van der Waals surface area contributed by atoms with Crippen molar-refractivity contribution in [1.29, 1.82) is 0 Å². The number of hydrogen-bond acceptors (Lipinski definition) is 2. The number of fused-ring (bicyclic) bond motifs is 2. The van der Waals surface area contributed by atoms with Crippen LogP contribution in [0.3, 0.4) is 0 Å². The molecular formula is C8H13NO2. The molecule has 0 amide bonds. The lowest BCUT2D eigenvalue weighted by atomic mass is 9.86. The Labute approximate surface area is 65.6 Å². The van der Waals surface area contributed by atoms with Gasteiger partial charge >= 0.3 is 5.97 Å². The molecule has 0 heterocycles. The molecule has 2 aliphatic rings. The summed E-state index contributed by atoms with van der Waals surface area (Å²) >= 11 is 0. The lowest BCUT2D eigenvalue weighted by molar-refractivity contribution is -0.143. The maximum Gasteiger partial charge on any atom is 0.306 e. The zero-order valence-corrected chi connectivity index (χ0v) is 6.36. The van der Waals surface area contributed by atoms with Gasteiger partial charge in [-0.15, -0.1) is 0 Å². The van der Waals surface area contributed by atoms with Crippen LogP contribution in [0.15, 0.2) is 0 Å². The molecule has 0 aromatic carbocycles. The van der Waals surface area contributed by atoms with Crippen molar-refractivity contribution in [3.63, 3.8) is 0 Å². The van der Waals surface area contributed by atoms with E-state index < -0.39 is 5.97 Å². The minimum absolute atomic E-state index is 0.135. The Morgan fingerprint density at radius 1 is 1.36 bits per heavy atom. The molecule has 0 aliphatic heterocycles. The fourth-order valence-corrected chi connectivity index (χ4v) is 2.69. The van der Waals surface area contributed by atoms with Gasteiger partial charge in [0.15, 0.2) is 0 Å². The number of nitrogens with two attached hydrogens (primary N) is 1. The first-order valence-electron chi connectivity index (χ1n) is 4.17. The van der Waals surface area contributed by atoms with E-state index in [0.717, 1.165) is 19.3 Å². The Kier molecular flexibility index (Phi) is 1.42. The fraction of sp³-hybridized carbons (Fsp3) is 0.875. The predicted octanol–water partition coefficient (Wildman–Crippen LogP) is 0.444. The van der Waals surface area contributed by atoms with Gasteiger partial charge in [0.2, 0.25) is 0 Å². The van der Waals surface area contributed by atoms with Gasteiger partial charge in [-0.2, -0.15) is 0 Å². The molecule has 0 saturated heterocycles. The summed E-state index contributed by atoms with van der Waals surface area (Å²) in [4.78, 5) is 10.7. The second kappa shape index (κ2) is 2.21. The molecule has 62 valence electrons. The van der Waals surface area contributed by atoms with Crippen LogP contribution >= 0.6 is 0 Å². The molecule has 2 fully saturated rings. The third-order valence-electron chi connectivity index (χ3n) is 3.18. The lowest BCUT2D eigenvalue weighted by Crippen LogP contribution is -2.35. The third kappa shape index (κ3) is 0.948. The van der Waals surface area contributed by atoms with E-state index >= 15 is 0 Å². The van der Waals surface area contributed by atoms with Gasteiger partial charge < -0.3 is 10.8 Å². The van der Waals surface area contributed by atoms with Crippen molar-refractivity contribution in [3.05, 3.63) is 0 Å². The lowest BCUT2D eigenvalue weighted by Gasteiger charge is -2.23. The van der Waals surface area contributed by atoms with Gasteiger partial charge in [-0.1, -0.05) is 0 Å². The van der Waals surface area contributed by atoms with Gasteiger partial charge in [-0.05, 0) is 31.1 Å². The molecule has 0 radical (unpaired) electrons. The molecule has 2 rings (SSSR count). The highest BCUT2D eigenvalue weighted by Crippen LogP contribution is 2.47. The Balaban J connectivity index is 2.12. The second-order valence-corrected chi connectivity index (χ2v) is 3.85. The topological polar surface area (TPSA) is 63.3 Å². The quantitative estimate of drug-likeness (QED) is 0.577. The van der Waals surface area contributed by atoms with E-state index in [1.54, 1.807) is 0 Å². The standard InChI is InChI=1S/C8H13NO2/c9-7-3-4-1-5(7)6(2-4)8(10)11/h4-7H,1-3,9H2,(H,10,11)/t4-,5+,6-,7+/m0/s1. The SMILES string of the molecule is N[C@@H]1C[C@H]2C[C@@H]1[C@@H](C(=O)O)C2.